The van der Waals surface area contributed by atoms with Gasteiger partial charge in [-0.25, -0.2) is 4.39 Å². The van der Waals surface area contributed by atoms with E-state index < -0.39 is 12.4 Å². The van der Waals surface area contributed by atoms with Crippen LogP contribution in [0.3, 0.4) is 0 Å². The second-order valence-corrected chi connectivity index (χ2v) is 7.15. The number of aliphatic imine (C=N–C) groups is 1. The van der Waals surface area contributed by atoms with E-state index in [1.165, 1.54) is 18.2 Å². The van der Waals surface area contributed by atoms with E-state index >= 15 is 0 Å². The number of hydrogen-bond acceptors (Lipinski definition) is 4. The Morgan fingerprint density at radius 3 is 2.66 bits per heavy atom. The molecule has 2 aromatic carbocycles. The van der Waals surface area contributed by atoms with E-state index in [4.69, 9.17) is 5.26 Å². The summed E-state index contributed by atoms with van der Waals surface area (Å²) in [4.78, 5) is 6.38. The number of guanidine groups is 1. The predicted octanol–water partition coefficient (Wildman–Crippen LogP) is 4.25. The van der Waals surface area contributed by atoms with E-state index in [1.54, 1.807) is 31.3 Å². The van der Waals surface area contributed by atoms with Gasteiger partial charge in [0.1, 0.15) is 11.6 Å². The summed E-state index contributed by atoms with van der Waals surface area (Å²) in [5.74, 6) is 0.242. The summed E-state index contributed by atoms with van der Waals surface area (Å²) in [6.07, 6.45) is 1.89. The maximum Gasteiger partial charge on any atom is 0.387 e. The maximum absolute atomic E-state index is 14.1. The van der Waals surface area contributed by atoms with Crippen LogP contribution in [0.5, 0.6) is 5.75 Å². The average Bonchev–Trinajstić information content (AvgIpc) is 2.77. The fourth-order valence-electron chi connectivity index (χ4n) is 3.50. The van der Waals surface area contributed by atoms with Gasteiger partial charge < -0.3 is 20.3 Å². The molecule has 1 heterocycles. The first-order valence-corrected chi connectivity index (χ1v) is 9.94. The van der Waals surface area contributed by atoms with Crippen molar-refractivity contribution >= 4 is 35.6 Å². The van der Waals surface area contributed by atoms with Crippen molar-refractivity contribution in [3.8, 4) is 11.8 Å². The number of nitrogens with zero attached hydrogens (tertiary/aromatic N) is 3. The van der Waals surface area contributed by atoms with Crippen LogP contribution in [0, 0.1) is 17.1 Å². The molecule has 0 spiro atoms. The number of piperidine rings is 1. The van der Waals surface area contributed by atoms with Crippen molar-refractivity contribution in [2.45, 2.75) is 32.0 Å². The summed E-state index contributed by atoms with van der Waals surface area (Å²) in [5, 5.41) is 15.3. The van der Waals surface area contributed by atoms with Crippen LogP contribution in [0.2, 0.25) is 0 Å². The third-order valence-electron chi connectivity index (χ3n) is 5.04. The molecule has 1 fully saturated rings. The molecule has 1 unspecified atom stereocenters. The molecule has 2 aromatic rings. The molecule has 0 saturated carbocycles. The van der Waals surface area contributed by atoms with Gasteiger partial charge in [0.15, 0.2) is 5.96 Å². The fraction of sp³-hybridized carbons (Fsp3) is 0.364. The Bertz CT molecular complexity index is 950. The molecule has 1 atom stereocenters. The smallest absolute Gasteiger partial charge is 0.387 e. The lowest BCUT2D eigenvalue weighted by Gasteiger charge is -2.35. The fourth-order valence-corrected chi connectivity index (χ4v) is 3.50. The molecule has 1 aliphatic heterocycles. The highest BCUT2D eigenvalue weighted by Gasteiger charge is 2.21. The van der Waals surface area contributed by atoms with Gasteiger partial charge in [0.25, 0.3) is 0 Å². The summed E-state index contributed by atoms with van der Waals surface area (Å²) in [6, 6.07) is 13.0. The first-order chi connectivity index (χ1) is 15.0. The Labute approximate surface area is 202 Å². The summed E-state index contributed by atoms with van der Waals surface area (Å²) < 4.78 is 43.1. The van der Waals surface area contributed by atoms with Gasteiger partial charge >= 0.3 is 6.61 Å². The minimum Gasteiger partial charge on any atom is -0.435 e. The number of ether oxygens (including phenoxy) is 1. The van der Waals surface area contributed by atoms with E-state index in [0.717, 1.165) is 25.1 Å². The van der Waals surface area contributed by atoms with Gasteiger partial charge in [-0.1, -0.05) is 6.07 Å². The summed E-state index contributed by atoms with van der Waals surface area (Å²) in [7, 11) is 1.65. The van der Waals surface area contributed by atoms with Crippen molar-refractivity contribution in [1.29, 1.82) is 5.26 Å². The van der Waals surface area contributed by atoms with E-state index in [1.807, 2.05) is 6.07 Å². The van der Waals surface area contributed by atoms with Crippen LogP contribution in [0.25, 0.3) is 0 Å². The molecule has 2 N–H and O–H groups in total. The zero-order chi connectivity index (χ0) is 22.2. The Balaban J connectivity index is 0.00000363. The molecule has 0 aromatic heterocycles. The first-order valence-electron chi connectivity index (χ1n) is 9.94. The molecule has 32 heavy (non-hydrogen) atoms. The van der Waals surface area contributed by atoms with Crippen molar-refractivity contribution in [3.05, 3.63) is 59.4 Å². The molecule has 0 aliphatic carbocycles. The molecular weight excluding hydrogens is 534 g/mol. The van der Waals surface area contributed by atoms with Gasteiger partial charge in [0.05, 0.1) is 11.6 Å². The summed E-state index contributed by atoms with van der Waals surface area (Å²) >= 11 is 0. The number of nitrogens with one attached hydrogen (secondary N) is 2. The normalized spacial score (nSPS) is 16.2. The lowest BCUT2D eigenvalue weighted by Crippen LogP contribution is -2.51. The van der Waals surface area contributed by atoms with Crippen LogP contribution < -0.4 is 20.3 Å². The average molecular weight is 559 g/mol. The maximum atomic E-state index is 14.1. The molecule has 10 heteroatoms. The van der Waals surface area contributed by atoms with Crippen molar-refractivity contribution in [1.82, 2.24) is 10.6 Å². The highest BCUT2D eigenvalue weighted by Crippen LogP contribution is 2.24. The highest BCUT2D eigenvalue weighted by molar-refractivity contribution is 14.0. The molecule has 0 amide bonds. The van der Waals surface area contributed by atoms with Crippen LogP contribution in [-0.4, -0.2) is 38.8 Å². The van der Waals surface area contributed by atoms with Gasteiger partial charge in [-0.3, -0.25) is 4.99 Å². The van der Waals surface area contributed by atoms with Crippen LogP contribution >= 0.6 is 24.0 Å². The zero-order valence-corrected chi connectivity index (χ0v) is 19.9. The second-order valence-electron chi connectivity index (χ2n) is 7.15. The van der Waals surface area contributed by atoms with Gasteiger partial charge in [-0.15, -0.1) is 24.0 Å². The Hall–Kier alpha value is -2.68. The first kappa shape index (κ1) is 25.6. The Morgan fingerprint density at radius 2 is 2.03 bits per heavy atom. The largest absolute Gasteiger partial charge is 0.435 e. The molecule has 3 rings (SSSR count). The molecule has 1 aliphatic rings. The SMILES string of the molecule is CN=C(NCc1ccc(C#N)cc1F)NC1CCCN(c2ccc(OC(F)F)cc2)C1.I. The van der Waals surface area contributed by atoms with E-state index in [0.29, 0.717) is 18.1 Å². The van der Waals surface area contributed by atoms with E-state index in [-0.39, 0.29) is 47.9 Å². The van der Waals surface area contributed by atoms with Crippen molar-refractivity contribution in [2.24, 2.45) is 4.99 Å². The van der Waals surface area contributed by atoms with Gasteiger partial charge in [0.2, 0.25) is 0 Å². The second kappa shape index (κ2) is 12.4. The van der Waals surface area contributed by atoms with Crippen LogP contribution in [-0.2, 0) is 6.54 Å². The Morgan fingerprint density at radius 1 is 1.28 bits per heavy atom. The minimum atomic E-state index is -2.84. The zero-order valence-electron chi connectivity index (χ0n) is 17.5. The molecular formula is C22H25F3IN5O. The minimum absolute atomic E-state index is 0. The highest BCUT2D eigenvalue weighted by atomic mass is 127. The quantitative estimate of drug-likeness (QED) is 0.315. The molecule has 1 saturated heterocycles. The van der Waals surface area contributed by atoms with E-state index in [2.05, 4.69) is 25.3 Å². The third kappa shape index (κ3) is 7.19. The standard InChI is InChI=1S/C22H24F3N5O.HI/c1-27-22(28-13-16-5-4-15(12-26)11-20(16)23)29-17-3-2-10-30(14-17)18-6-8-19(9-7-18)31-21(24)25;/h4-9,11,17,21H,2-3,10,13-14H2,1H3,(H2,27,28,29);1H. The lowest BCUT2D eigenvalue weighted by molar-refractivity contribution is -0.0498. The number of halogens is 4. The summed E-state index contributed by atoms with van der Waals surface area (Å²) in [5.41, 5.74) is 1.65. The predicted molar refractivity (Wildman–Crippen MR) is 128 cm³/mol. The lowest BCUT2D eigenvalue weighted by atomic mass is 10.0. The van der Waals surface area contributed by atoms with Crippen molar-refractivity contribution in [3.63, 3.8) is 0 Å². The molecule has 0 radical (unpaired) electrons. The van der Waals surface area contributed by atoms with Crippen LogP contribution in [0.15, 0.2) is 47.5 Å². The molecule has 0 bridgehead atoms. The van der Waals surface area contributed by atoms with Crippen LogP contribution in [0.4, 0.5) is 18.9 Å². The number of nitriles is 1. The van der Waals surface area contributed by atoms with Crippen LogP contribution in [0.1, 0.15) is 24.0 Å². The van der Waals surface area contributed by atoms with Gasteiger partial charge in [0, 0.05) is 44.0 Å². The number of benzene rings is 2. The monoisotopic (exact) mass is 559 g/mol. The summed E-state index contributed by atoms with van der Waals surface area (Å²) in [6.45, 7) is -1.04. The Kier molecular flexibility index (Phi) is 9.90. The molecule has 172 valence electrons. The molecule has 6 nitrogen and oxygen atoms in total. The number of alkyl halides is 2. The number of hydrogen-bond donors (Lipinski definition) is 2. The number of rotatable bonds is 6. The third-order valence-corrected chi connectivity index (χ3v) is 5.04. The van der Waals surface area contributed by atoms with Gasteiger partial charge in [-0.2, -0.15) is 14.0 Å². The van der Waals surface area contributed by atoms with Gasteiger partial charge in [-0.05, 0) is 49.2 Å². The topological polar surface area (TPSA) is 72.7 Å². The van der Waals surface area contributed by atoms with Crippen molar-refractivity contribution < 1.29 is 17.9 Å². The van der Waals surface area contributed by atoms with E-state index in [9.17, 15) is 13.2 Å². The number of anilines is 1. The van der Waals surface area contributed by atoms with Crippen molar-refractivity contribution in [2.75, 3.05) is 25.0 Å².